The van der Waals surface area contributed by atoms with Gasteiger partial charge >= 0.3 is 0 Å². The lowest BCUT2D eigenvalue weighted by molar-refractivity contribution is 0.624. The summed E-state index contributed by atoms with van der Waals surface area (Å²) >= 11 is 8.84. The Morgan fingerprint density at radius 1 is 1.08 bits per heavy atom. The number of anilines is 2. The highest BCUT2D eigenvalue weighted by molar-refractivity contribution is 9.10. The van der Waals surface area contributed by atoms with Gasteiger partial charge in [-0.2, -0.15) is 5.10 Å². The van der Waals surface area contributed by atoms with Gasteiger partial charge in [0, 0.05) is 11.9 Å². The number of hydrogen-bond donors (Lipinski definition) is 2. The zero-order valence-electron chi connectivity index (χ0n) is 14.2. The Kier molecular flexibility index (Phi) is 6.00. The van der Waals surface area contributed by atoms with Gasteiger partial charge in [-0.15, -0.1) is 0 Å². The van der Waals surface area contributed by atoms with Crippen LogP contribution in [0.5, 0.6) is 0 Å². The SMILES string of the molecule is CCc1ccc(NC(=S)Nc2nn(Cc3ccc(F)cc3)cc2Br)cc1. The van der Waals surface area contributed by atoms with Crippen LogP contribution in [-0.4, -0.2) is 14.9 Å². The predicted molar refractivity (Wildman–Crippen MR) is 111 cm³/mol. The molecule has 2 aromatic carbocycles. The molecule has 0 atom stereocenters. The number of nitrogens with one attached hydrogen (secondary N) is 2. The van der Waals surface area contributed by atoms with Gasteiger partial charge < -0.3 is 10.6 Å². The minimum atomic E-state index is -0.249. The van der Waals surface area contributed by atoms with Gasteiger partial charge in [0.05, 0.1) is 11.0 Å². The van der Waals surface area contributed by atoms with Crippen molar-refractivity contribution in [3.8, 4) is 0 Å². The first-order valence-corrected chi connectivity index (χ1v) is 9.38. The summed E-state index contributed by atoms with van der Waals surface area (Å²) in [6.07, 6.45) is 2.85. The standard InChI is InChI=1S/C19H18BrFN4S/c1-2-13-5-9-16(10-6-13)22-19(26)23-18-17(20)12-25(24-18)11-14-3-7-15(21)8-4-14/h3-10,12H,2,11H2,1H3,(H2,22,23,24,26). The summed E-state index contributed by atoms with van der Waals surface area (Å²) in [6, 6.07) is 14.5. The molecular weight excluding hydrogens is 415 g/mol. The minimum Gasteiger partial charge on any atom is -0.332 e. The van der Waals surface area contributed by atoms with Gasteiger partial charge in [0.15, 0.2) is 10.9 Å². The third-order valence-electron chi connectivity index (χ3n) is 3.83. The van der Waals surface area contributed by atoms with Gasteiger partial charge in [-0.25, -0.2) is 4.39 Å². The van der Waals surface area contributed by atoms with Gasteiger partial charge in [0.25, 0.3) is 0 Å². The molecule has 0 unspecified atom stereocenters. The summed E-state index contributed by atoms with van der Waals surface area (Å²) in [5, 5.41) is 11.2. The van der Waals surface area contributed by atoms with E-state index in [1.165, 1.54) is 17.7 Å². The van der Waals surface area contributed by atoms with Crippen molar-refractivity contribution in [2.45, 2.75) is 19.9 Å². The third-order valence-corrected chi connectivity index (χ3v) is 4.61. The number of aromatic nitrogens is 2. The molecule has 0 aliphatic heterocycles. The molecule has 4 nitrogen and oxygen atoms in total. The second-order valence-corrected chi connectivity index (χ2v) is 7.04. The van der Waals surface area contributed by atoms with E-state index < -0.39 is 0 Å². The highest BCUT2D eigenvalue weighted by Gasteiger charge is 2.09. The molecule has 3 rings (SSSR count). The van der Waals surface area contributed by atoms with Crippen LogP contribution in [0, 0.1) is 5.82 Å². The molecule has 0 saturated heterocycles. The highest BCUT2D eigenvalue weighted by atomic mass is 79.9. The quantitative estimate of drug-likeness (QED) is 0.543. The number of benzene rings is 2. The lowest BCUT2D eigenvalue weighted by Crippen LogP contribution is -2.19. The number of halogens is 2. The van der Waals surface area contributed by atoms with Crippen molar-refractivity contribution in [3.05, 3.63) is 76.1 Å². The van der Waals surface area contributed by atoms with Crippen LogP contribution >= 0.6 is 28.1 Å². The topological polar surface area (TPSA) is 41.9 Å². The molecule has 0 fully saturated rings. The molecule has 0 amide bonds. The maximum absolute atomic E-state index is 13.0. The summed E-state index contributed by atoms with van der Waals surface area (Å²) < 4.78 is 15.6. The Morgan fingerprint density at radius 2 is 1.73 bits per heavy atom. The van der Waals surface area contributed by atoms with E-state index in [0.717, 1.165) is 22.1 Å². The second-order valence-electron chi connectivity index (χ2n) is 5.78. The Hall–Kier alpha value is -2.25. The van der Waals surface area contributed by atoms with Crippen LogP contribution in [0.1, 0.15) is 18.1 Å². The van der Waals surface area contributed by atoms with Crippen molar-refractivity contribution in [1.82, 2.24) is 9.78 Å². The largest absolute Gasteiger partial charge is 0.332 e. The van der Waals surface area contributed by atoms with Gasteiger partial charge in [-0.1, -0.05) is 31.2 Å². The summed E-state index contributed by atoms with van der Waals surface area (Å²) in [5.74, 6) is 0.371. The maximum atomic E-state index is 13.0. The van der Waals surface area contributed by atoms with Crippen LogP contribution < -0.4 is 10.6 Å². The molecule has 0 radical (unpaired) electrons. The number of hydrogen-bond acceptors (Lipinski definition) is 2. The maximum Gasteiger partial charge on any atom is 0.176 e. The number of thiocarbonyl (C=S) groups is 1. The Morgan fingerprint density at radius 3 is 2.38 bits per heavy atom. The molecular formula is C19H18BrFN4S. The van der Waals surface area contributed by atoms with Crippen molar-refractivity contribution >= 4 is 44.8 Å². The normalized spacial score (nSPS) is 10.6. The van der Waals surface area contributed by atoms with Crippen LogP contribution in [0.15, 0.2) is 59.2 Å². The second kappa shape index (κ2) is 8.42. The van der Waals surface area contributed by atoms with Gasteiger partial charge in [0.2, 0.25) is 0 Å². The van der Waals surface area contributed by atoms with E-state index in [1.807, 2.05) is 18.3 Å². The fourth-order valence-corrected chi connectivity index (χ4v) is 3.06. The molecule has 7 heteroatoms. The molecule has 0 bridgehead atoms. The minimum absolute atomic E-state index is 0.249. The molecule has 1 heterocycles. The molecule has 26 heavy (non-hydrogen) atoms. The van der Waals surface area contributed by atoms with Crippen LogP contribution in [-0.2, 0) is 13.0 Å². The zero-order chi connectivity index (χ0) is 18.5. The number of aryl methyl sites for hydroxylation is 1. The summed E-state index contributed by atoms with van der Waals surface area (Å²) in [4.78, 5) is 0. The van der Waals surface area contributed by atoms with Crippen molar-refractivity contribution in [3.63, 3.8) is 0 Å². The van der Waals surface area contributed by atoms with Crippen molar-refractivity contribution in [1.29, 1.82) is 0 Å². The van der Waals surface area contributed by atoms with Gasteiger partial charge in [0.1, 0.15) is 5.82 Å². The first kappa shape index (κ1) is 18.5. The average Bonchev–Trinajstić information content (AvgIpc) is 2.96. The first-order chi connectivity index (χ1) is 12.5. The highest BCUT2D eigenvalue weighted by Crippen LogP contribution is 2.21. The lowest BCUT2D eigenvalue weighted by Gasteiger charge is -2.09. The molecule has 0 saturated carbocycles. The molecule has 2 N–H and O–H groups in total. The van der Waals surface area contributed by atoms with Crippen molar-refractivity contribution in [2.24, 2.45) is 0 Å². The van der Waals surface area contributed by atoms with E-state index in [0.29, 0.717) is 17.5 Å². The van der Waals surface area contributed by atoms with E-state index in [2.05, 4.69) is 50.7 Å². The average molecular weight is 433 g/mol. The van der Waals surface area contributed by atoms with Crippen molar-refractivity contribution < 1.29 is 4.39 Å². The molecule has 1 aromatic heterocycles. The van der Waals surface area contributed by atoms with Gasteiger partial charge in [-0.3, -0.25) is 4.68 Å². The Balaban J connectivity index is 1.62. The fraction of sp³-hybridized carbons (Fsp3) is 0.158. The summed E-state index contributed by atoms with van der Waals surface area (Å²) in [7, 11) is 0. The van der Waals surface area contributed by atoms with Crippen molar-refractivity contribution in [2.75, 3.05) is 10.6 Å². The monoisotopic (exact) mass is 432 g/mol. The Labute approximate surface area is 165 Å². The third kappa shape index (κ3) is 4.89. The molecule has 134 valence electrons. The lowest BCUT2D eigenvalue weighted by atomic mass is 10.1. The fourth-order valence-electron chi connectivity index (χ4n) is 2.43. The Bertz CT molecular complexity index is 891. The number of nitrogens with zero attached hydrogens (tertiary/aromatic N) is 2. The predicted octanol–water partition coefficient (Wildman–Crippen LogP) is 5.20. The molecule has 0 aliphatic carbocycles. The molecule has 0 spiro atoms. The zero-order valence-corrected chi connectivity index (χ0v) is 16.6. The van der Waals surface area contributed by atoms with E-state index in [1.54, 1.807) is 16.8 Å². The summed E-state index contributed by atoms with van der Waals surface area (Å²) in [6.45, 7) is 2.66. The van der Waals surface area contributed by atoms with Crippen LogP contribution in [0.3, 0.4) is 0 Å². The van der Waals surface area contributed by atoms with E-state index >= 15 is 0 Å². The first-order valence-electron chi connectivity index (χ1n) is 8.18. The van der Waals surface area contributed by atoms with E-state index in [9.17, 15) is 4.39 Å². The number of rotatable bonds is 5. The van der Waals surface area contributed by atoms with Crippen LogP contribution in [0.2, 0.25) is 0 Å². The smallest absolute Gasteiger partial charge is 0.176 e. The van der Waals surface area contributed by atoms with E-state index in [-0.39, 0.29) is 5.82 Å². The van der Waals surface area contributed by atoms with Gasteiger partial charge in [-0.05, 0) is 70.0 Å². The van der Waals surface area contributed by atoms with Crippen LogP contribution in [0.25, 0.3) is 0 Å². The summed E-state index contributed by atoms with van der Waals surface area (Å²) in [5.41, 5.74) is 3.16. The van der Waals surface area contributed by atoms with E-state index in [4.69, 9.17) is 12.2 Å². The van der Waals surface area contributed by atoms with Crippen LogP contribution in [0.4, 0.5) is 15.9 Å². The molecule has 3 aromatic rings. The molecule has 0 aliphatic rings.